The minimum atomic E-state index is -0.143. The van der Waals surface area contributed by atoms with Crippen LogP contribution in [0.5, 0.6) is 11.5 Å². The molecule has 1 heterocycles. The molecule has 1 saturated carbocycles. The highest BCUT2D eigenvalue weighted by molar-refractivity contribution is 5.50. The Hall–Kier alpha value is -1.22. The van der Waals surface area contributed by atoms with Crippen LogP contribution in [0.4, 0.5) is 0 Å². The number of hydrogen-bond donors (Lipinski definition) is 1. The first kappa shape index (κ1) is 14.7. The molecule has 2 N–H and O–H groups in total. The molecule has 3 heteroatoms. The van der Waals surface area contributed by atoms with E-state index in [1.807, 2.05) is 6.07 Å². The van der Waals surface area contributed by atoms with Crippen molar-refractivity contribution < 1.29 is 9.47 Å². The summed E-state index contributed by atoms with van der Waals surface area (Å²) in [7, 11) is 0. The van der Waals surface area contributed by atoms with Gasteiger partial charge in [-0.05, 0) is 44.6 Å². The Labute approximate surface area is 127 Å². The zero-order valence-corrected chi connectivity index (χ0v) is 13.6. The summed E-state index contributed by atoms with van der Waals surface area (Å²) in [4.78, 5) is 0. The predicted molar refractivity (Wildman–Crippen MR) is 84.9 cm³/mol. The molecule has 0 radical (unpaired) electrons. The van der Waals surface area contributed by atoms with Gasteiger partial charge in [-0.3, -0.25) is 0 Å². The van der Waals surface area contributed by atoms with Crippen molar-refractivity contribution in [3.05, 3.63) is 23.8 Å². The molecule has 1 aliphatic carbocycles. The van der Waals surface area contributed by atoms with E-state index in [9.17, 15) is 0 Å². The van der Waals surface area contributed by atoms with Crippen LogP contribution < -0.4 is 15.2 Å². The van der Waals surface area contributed by atoms with E-state index >= 15 is 0 Å². The van der Waals surface area contributed by atoms with Crippen LogP contribution >= 0.6 is 0 Å². The number of ether oxygens (including phenoxy) is 2. The summed E-state index contributed by atoms with van der Waals surface area (Å²) in [6.07, 6.45) is 4.21. The maximum absolute atomic E-state index is 6.29. The average molecular weight is 289 g/mol. The van der Waals surface area contributed by atoms with Gasteiger partial charge in [-0.15, -0.1) is 0 Å². The monoisotopic (exact) mass is 289 g/mol. The maximum Gasteiger partial charge on any atom is 0.165 e. The van der Waals surface area contributed by atoms with Crippen LogP contribution in [0.1, 0.15) is 52.5 Å². The lowest BCUT2D eigenvalue weighted by molar-refractivity contribution is 0.0602. The highest BCUT2D eigenvalue weighted by atomic mass is 16.5. The molecule has 1 aliphatic heterocycles. The lowest BCUT2D eigenvalue weighted by Crippen LogP contribution is -2.46. The van der Waals surface area contributed by atoms with Crippen LogP contribution in [0.2, 0.25) is 0 Å². The first-order valence-corrected chi connectivity index (χ1v) is 7.99. The maximum atomic E-state index is 6.29. The standard InChI is InChI=1S/C18H27NO2/c1-17(2)9-8-13(19)15(11-17)20-14-7-5-6-12-10-18(3,4)21-16(12)14/h5-7,13,15H,8-11,19H2,1-4H3. The topological polar surface area (TPSA) is 44.5 Å². The number of benzene rings is 1. The van der Waals surface area contributed by atoms with Crippen molar-refractivity contribution in [3.8, 4) is 11.5 Å². The predicted octanol–water partition coefficient (Wildman–Crippen LogP) is 3.68. The molecule has 3 nitrogen and oxygen atoms in total. The molecule has 1 aromatic rings. The van der Waals surface area contributed by atoms with E-state index in [1.165, 1.54) is 12.0 Å². The Kier molecular flexibility index (Phi) is 3.44. The Balaban J connectivity index is 1.82. The molecule has 0 aromatic heterocycles. The van der Waals surface area contributed by atoms with E-state index in [0.717, 1.165) is 30.8 Å². The van der Waals surface area contributed by atoms with Gasteiger partial charge in [0.25, 0.3) is 0 Å². The molecule has 1 fully saturated rings. The normalized spacial score (nSPS) is 29.6. The van der Waals surface area contributed by atoms with Crippen molar-refractivity contribution in [1.82, 2.24) is 0 Å². The molecule has 0 amide bonds. The second-order valence-corrected chi connectivity index (χ2v) is 8.01. The lowest BCUT2D eigenvalue weighted by atomic mass is 9.74. The summed E-state index contributed by atoms with van der Waals surface area (Å²) < 4.78 is 12.4. The van der Waals surface area contributed by atoms with Crippen molar-refractivity contribution in [2.45, 2.75) is 71.1 Å². The molecule has 0 bridgehead atoms. The largest absolute Gasteiger partial charge is 0.485 e. The summed E-state index contributed by atoms with van der Waals surface area (Å²) in [5.41, 5.74) is 7.68. The van der Waals surface area contributed by atoms with Crippen molar-refractivity contribution in [1.29, 1.82) is 0 Å². The molecule has 0 spiro atoms. The van der Waals surface area contributed by atoms with Gasteiger partial charge in [-0.2, -0.15) is 0 Å². The fourth-order valence-electron chi connectivity index (χ4n) is 3.51. The fourth-order valence-corrected chi connectivity index (χ4v) is 3.51. The van der Waals surface area contributed by atoms with Crippen LogP contribution in [0, 0.1) is 5.41 Å². The minimum absolute atomic E-state index is 0.0764. The van der Waals surface area contributed by atoms with Gasteiger partial charge in [0.2, 0.25) is 0 Å². The van der Waals surface area contributed by atoms with Crippen LogP contribution in [0.3, 0.4) is 0 Å². The average Bonchev–Trinajstić information content (AvgIpc) is 2.69. The molecule has 2 atom stereocenters. The van der Waals surface area contributed by atoms with E-state index in [2.05, 4.69) is 39.8 Å². The summed E-state index contributed by atoms with van der Waals surface area (Å²) in [5, 5.41) is 0. The van der Waals surface area contributed by atoms with Crippen molar-refractivity contribution in [2.24, 2.45) is 11.1 Å². The zero-order chi connectivity index (χ0) is 15.3. The Morgan fingerprint density at radius 3 is 2.76 bits per heavy atom. The van der Waals surface area contributed by atoms with E-state index in [0.29, 0.717) is 5.41 Å². The van der Waals surface area contributed by atoms with E-state index < -0.39 is 0 Å². The Morgan fingerprint density at radius 1 is 1.24 bits per heavy atom. The molecule has 1 aromatic carbocycles. The number of nitrogens with two attached hydrogens (primary N) is 1. The van der Waals surface area contributed by atoms with Crippen molar-refractivity contribution in [3.63, 3.8) is 0 Å². The third-order valence-electron chi connectivity index (χ3n) is 4.72. The van der Waals surface area contributed by atoms with E-state index in [1.54, 1.807) is 0 Å². The summed E-state index contributed by atoms with van der Waals surface area (Å²) in [6, 6.07) is 6.30. The van der Waals surface area contributed by atoms with Crippen LogP contribution in [-0.4, -0.2) is 17.7 Å². The second kappa shape index (κ2) is 4.91. The van der Waals surface area contributed by atoms with Gasteiger partial charge in [0.1, 0.15) is 11.7 Å². The fraction of sp³-hybridized carbons (Fsp3) is 0.667. The number of fused-ring (bicyclic) bond motifs is 1. The molecule has 3 rings (SSSR count). The highest BCUT2D eigenvalue weighted by Gasteiger charge is 2.37. The van der Waals surface area contributed by atoms with Gasteiger partial charge < -0.3 is 15.2 Å². The molecule has 116 valence electrons. The van der Waals surface area contributed by atoms with Gasteiger partial charge in [-0.25, -0.2) is 0 Å². The second-order valence-electron chi connectivity index (χ2n) is 8.01. The SMILES string of the molecule is CC1(C)CCC(N)C(Oc2cccc3c2OC(C)(C)C3)C1. The van der Waals surface area contributed by atoms with Crippen LogP contribution in [0.25, 0.3) is 0 Å². The van der Waals surface area contributed by atoms with E-state index in [-0.39, 0.29) is 17.7 Å². The highest BCUT2D eigenvalue weighted by Crippen LogP contribution is 2.44. The number of para-hydroxylation sites is 1. The molecule has 21 heavy (non-hydrogen) atoms. The van der Waals surface area contributed by atoms with Gasteiger partial charge in [0, 0.05) is 18.0 Å². The number of hydrogen-bond acceptors (Lipinski definition) is 3. The Bertz CT molecular complexity index is 536. The zero-order valence-electron chi connectivity index (χ0n) is 13.6. The first-order valence-electron chi connectivity index (χ1n) is 7.99. The minimum Gasteiger partial charge on any atom is -0.485 e. The molecule has 2 aliphatic rings. The third-order valence-corrected chi connectivity index (χ3v) is 4.72. The van der Waals surface area contributed by atoms with Crippen LogP contribution in [-0.2, 0) is 6.42 Å². The molecular formula is C18H27NO2. The smallest absolute Gasteiger partial charge is 0.165 e. The quantitative estimate of drug-likeness (QED) is 0.903. The van der Waals surface area contributed by atoms with Crippen molar-refractivity contribution in [2.75, 3.05) is 0 Å². The van der Waals surface area contributed by atoms with Crippen molar-refractivity contribution >= 4 is 0 Å². The molecule has 0 saturated heterocycles. The molecule has 2 unspecified atom stereocenters. The lowest BCUT2D eigenvalue weighted by Gasteiger charge is -2.39. The third kappa shape index (κ3) is 3.03. The Morgan fingerprint density at radius 2 is 2.00 bits per heavy atom. The van der Waals surface area contributed by atoms with Gasteiger partial charge in [0.15, 0.2) is 11.5 Å². The van der Waals surface area contributed by atoms with Gasteiger partial charge in [-0.1, -0.05) is 26.0 Å². The van der Waals surface area contributed by atoms with Gasteiger partial charge >= 0.3 is 0 Å². The summed E-state index contributed by atoms with van der Waals surface area (Å²) in [5.74, 6) is 1.77. The van der Waals surface area contributed by atoms with Gasteiger partial charge in [0.05, 0.1) is 0 Å². The summed E-state index contributed by atoms with van der Waals surface area (Å²) in [6.45, 7) is 8.83. The first-order chi connectivity index (χ1) is 9.76. The van der Waals surface area contributed by atoms with E-state index in [4.69, 9.17) is 15.2 Å². The van der Waals surface area contributed by atoms with Crippen LogP contribution in [0.15, 0.2) is 18.2 Å². The summed E-state index contributed by atoms with van der Waals surface area (Å²) >= 11 is 0. The molecular weight excluding hydrogens is 262 g/mol. The number of rotatable bonds is 2.